The molecular weight excluding hydrogens is 238 g/mol. The third kappa shape index (κ3) is 2.65. The van der Waals surface area contributed by atoms with Gasteiger partial charge in [0.15, 0.2) is 11.5 Å². The number of benzene rings is 2. The second-order valence-electron chi connectivity index (χ2n) is 4.92. The summed E-state index contributed by atoms with van der Waals surface area (Å²) in [5, 5.41) is 3.44. The first kappa shape index (κ1) is 11.9. The molecule has 0 atom stereocenters. The largest absolute Gasteiger partial charge is 0.454 e. The lowest BCUT2D eigenvalue weighted by Gasteiger charge is -2.09. The van der Waals surface area contributed by atoms with Crippen molar-refractivity contribution in [3.63, 3.8) is 0 Å². The zero-order valence-corrected chi connectivity index (χ0v) is 11.2. The van der Waals surface area contributed by atoms with E-state index in [2.05, 4.69) is 43.4 Å². The third-order valence-electron chi connectivity index (χ3n) is 3.16. The highest BCUT2D eigenvalue weighted by molar-refractivity contribution is 5.50. The molecule has 3 heteroatoms. The summed E-state index contributed by atoms with van der Waals surface area (Å²) in [6.45, 7) is 5.32. The van der Waals surface area contributed by atoms with E-state index in [0.717, 1.165) is 23.7 Å². The fraction of sp³-hybridized carbons (Fsp3) is 0.250. The molecule has 0 fully saturated rings. The van der Waals surface area contributed by atoms with Crippen LogP contribution in [0.1, 0.15) is 16.7 Å². The van der Waals surface area contributed by atoms with Crippen LogP contribution in [-0.2, 0) is 6.54 Å². The van der Waals surface area contributed by atoms with Gasteiger partial charge in [-0.1, -0.05) is 12.1 Å². The average molecular weight is 255 g/mol. The summed E-state index contributed by atoms with van der Waals surface area (Å²) >= 11 is 0. The van der Waals surface area contributed by atoms with Crippen molar-refractivity contribution in [2.75, 3.05) is 12.1 Å². The van der Waals surface area contributed by atoms with E-state index in [1.807, 2.05) is 12.1 Å². The van der Waals surface area contributed by atoms with Gasteiger partial charge in [0.25, 0.3) is 0 Å². The molecule has 0 bridgehead atoms. The minimum atomic E-state index is 0.323. The van der Waals surface area contributed by atoms with Crippen LogP contribution in [0.15, 0.2) is 36.4 Å². The predicted octanol–water partition coefficient (Wildman–Crippen LogP) is 3.64. The Morgan fingerprint density at radius 3 is 2.47 bits per heavy atom. The van der Waals surface area contributed by atoms with E-state index in [1.165, 1.54) is 16.7 Å². The molecule has 0 radical (unpaired) electrons. The highest BCUT2D eigenvalue weighted by Gasteiger charge is 2.12. The molecule has 2 aromatic carbocycles. The summed E-state index contributed by atoms with van der Waals surface area (Å²) in [5.41, 5.74) is 4.87. The number of nitrogens with one attached hydrogen (secondary N) is 1. The maximum atomic E-state index is 5.38. The van der Waals surface area contributed by atoms with Crippen LogP contribution in [0.5, 0.6) is 11.5 Å². The fourth-order valence-electron chi connectivity index (χ4n) is 2.33. The Morgan fingerprint density at radius 2 is 1.68 bits per heavy atom. The van der Waals surface area contributed by atoms with Crippen LogP contribution in [0.3, 0.4) is 0 Å². The summed E-state index contributed by atoms with van der Waals surface area (Å²) in [6, 6.07) is 12.5. The molecule has 3 rings (SSSR count). The molecule has 0 spiro atoms. The third-order valence-corrected chi connectivity index (χ3v) is 3.16. The Morgan fingerprint density at radius 1 is 0.947 bits per heavy atom. The van der Waals surface area contributed by atoms with Crippen molar-refractivity contribution in [1.29, 1.82) is 0 Å². The maximum absolute atomic E-state index is 5.38. The van der Waals surface area contributed by atoms with Crippen molar-refractivity contribution < 1.29 is 9.47 Å². The molecular formula is C16H17NO2. The van der Waals surface area contributed by atoms with Crippen LogP contribution in [0.2, 0.25) is 0 Å². The van der Waals surface area contributed by atoms with E-state index in [9.17, 15) is 0 Å². The number of aryl methyl sites for hydroxylation is 2. The Labute approximate surface area is 113 Å². The highest BCUT2D eigenvalue weighted by atomic mass is 16.7. The van der Waals surface area contributed by atoms with E-state index in [0.29, 0.717) is 6.79 Å². The van der Waals surface area contributed by atoms with E-state index in [4.69, 9.17) is 9.47 Å². The van der Waals surface area contributed by atoms with E-state index in [-0.39, 0.29) is 0 Å². The number of anilines is 1. The van der Waals surface area contributed by atoms with Gasteiger partial charge >= 0.3 is 0 Å². The van der Waals surface area contributed by atoms with Crippen molar-refractivity contribution in [3.05, 3.63) is 53.1 Å². The smallest absolute Gasteiger partial charge is 0.231 e. The summed E-state index contributed by atoms with van der Waals surface area (Å²) in [7, 11) is 0. The van der Waals surface area contributed by atoms with Gasteiger partial charge in [-0.2, -0.15) is 0 Å². The molecule has 0 amide bonds. The topological polar surface area (TPSA) is 30.5 Å². The van der Waals surface area contributed by atoms with Crippen LogP contribution in [0.4, 0.5) is 5.69 Å². The summed E-state index contributed by atoms with van der Waals surface area (Å²) in [5.74, 6) is 1.66. The molecule has 0 aliphatic carbocycles. The second-order valence-corrected chi connectivity index (χ2v) is 4.92. The molecule has 0 saturated heterocycles. The van der Waals surface area contributed by atoms with Gasteiger partial charge in [0.05, 0.1) is 0 Å². The van der Waals surface area contributed by atoms with E-state index >= 15 is 0 Å². The molecule has 0 saturated carbocycles. The van der Waals surface area contributed by atoms with Gasteiger partial charge in [-0.25, -0.2) is 0 Å². The fourth-order valence-corrected chi connectivity index (χ4v) is 2.33. The SMILES string of the molecule is Cc1cc(C)cc(NCc2ccc3c(c2)OCO3)c1. The Hall–Kier alpha value is -2.16. The standard InChI is InChI=1S/C16H17NO2/c1-11-5-12(2)7-14(6-11)17-9-13-3-4-15-16(8-13)19-10-18-15/h3-8,17H,9-10H2,1-2H3. The van der Waals surface area contributed by atoms with Crippen LogP contribution in [0, 0.1) is 13.8 Å². The van der Waals surface area contributed by atoms with Gasteiger partial charge in [-0.05, 0) is 54.8 Å². The zero-order chi connectivity index (χ0) is 13.2. The van der Waals surface area contributed by atoms with Crippen LogP contribution in [0.25, 0.3) is 0 Å². The maximum Gasteiger partial charge on any atom is 0.231 e. The molecule has 1 N–H and O–H groups in total. The number of fused-ring (bicyclic) bond motifs is 1. The minimum absolute atomic E-state index is 0.323. The summed E-state index contributed by atoms with van der Waals surface area (Å²) in [6.07, 6.45) is 0. The van der Waals surface area contributed by atoms with Gasteiger partial charge in [-0.3, -0.25) is 0 Å². The molecule has 2 aromatic rings. The minimum Gasteiger partial charge on any atom is -0.454 e. The predicted molar refractivity (Wildman–Crippen MR) is 75.8 cm³/mol. The van der Waals surface area contributed by atoms with Gasteiger partial charge < -0.3 is 14.8 Å². The van der Waals surface area contributed by atoms with E-state index in [1.54, 1.807) is 0 Å². The molecule has 0 aromatic heterocycles. The second kappa shape index (κ2) is 4.84. The molecule has 1 aliphatic heterocycles. The number of rotatable bonds is 3. The van der Waals surface area contributed by atoms with Crippen LogP contribution in [-0.4, -0.2) is 6.79 Å². The van der Waals surface area contributed by atoms with Crippen molar-refractivity contribution >= 4 is 5.69 Å². The average Bonchev–Trinajstić information content (AvgIpc) is 2.82. The summed E-state index contributed by atoms with van der Waals surface area (Å²) in [4.78, 5) is 0. The van der Waals surface area contributed by atoms with Crippen LogP contribution >= 0.6 is 0 Å². The van der Waals surface area contributed by atoms with Crippen molar-refractivity contribution in [3.8, 4) is 11.5 Å². The molecule has 98 valence electrons. The molecule has 0 unspecified atom stereocenters. The first-order valence-corrected chi connectivity index (χ1v) is 6.41. The normalized spacial score (nSPS) is 12.5. The first-order chi connectivity index (χ1) is 9.20. The Kier molecular flexibility index (Phi) is 3.03. The van der Waals surface area contributed by atoms with Gasteiger partial charge in [0, 0.05) is 12.2 Å². The number of hydrogen-bond donors (Lipinski definition) is 1. The summed E-state index contributed by atoms with van der Waals surface area (Å²) < 4.78 is 10.7. The molecule has 19 heavy (non-hydrogen) atoms. The highest BCUT2D eigenvalue weighted by Crippen LogP contribution is 2.32. The van der Waals surface area contributed by atoms with E-state index < -0.39 is 0 Å². The quantitative estimate of drug-likeness (QED) is 0.908. The Bertz CT molecular complexity index is 587. The lowest BCUT2D eigenvalue weighted by molar-refractivity contribution is 0.174. The molecule has 3 nitrogen and oxygen atoms in total. The zero-order valence-electron chi connectivity index (χ0n) is 11.2. The molecule has 1 aliphatic rings. The van der Waals surface area contributed by atoms with Gasteiger partial charge in [0.1, 0.15) is 0 Å². The van der Waals surface area contributed by atoms with Crippen molar-refractivity contribution in [2.24, 2.45) is 0 Å². The lowest BCUT2D eigenvalue weighted by Crippen LogP contribution is -2.00. The van der Waals surface area contributed by atoms with Gasteiger partial charge in [0.2, 0.25) is 6.79 Å². The number of ether oxygens (including phenoxy) is 2. The monoisotopic (exact) mass is 255 g/mol. The van der Waals surface area contributed by atoms with Crippen molar-refractivity contribution in [1.82, 2.24) is 0 Å². The number of hydrogen-bond acceptors (Lipinski definition) is 3. The van der Waals surface area contributed by atoms with Crippen molar-refractivity contribution in [2.45, 2.75) is 20.4 Å². The lowest BCUT2D eigenvalue weighted by atomic mass is 10.1. The first-order valence-electron chi connectivity index (χ1n) is 6.41. The molecule has 1 heterocycles. The Balaban J connectivity index is 1.72. The van der Waals surface area contributed by atoms with Gasteiger partial charge in [-0.15, -0.1) is 0 Å². The van der Waals surface area contributed by atoms with Crippen LogP contribution < -0.4 is 14.8 Å².